The summed E-state index contributed by atoms with van der Waals surface area (Å²) < 4.78 is 26.5. The maximum absolute atomic E-state index is 12.7. The molecule has 1 aliphatic rings. The van der Waals surface area contributed by atoms with Crippen LogP contribution in [0.3, 0.4) is 0 Å². The Morgan fingerprint density at radius 3 is 2.71 bits per heavy atom. The van der Waals surface area contributed by atoms with Crippen LogP contribution in [0.1, 0.15) is 24.8 Å². The van der Waals surface area contributed by atoms with Crippen molar-refractivity contribution in [2.45, 2.75) is 37.1 Å². The highest BCUT2D eigenvalue weighted by Gasteiger charge is 2.34. The minimum atomic E-state index is -3.91. The zero-order valence-electron chi connectivity index (χ0n) is 11.6. The van der Waals surface area contributed by atoms with E-state index in [1.807, 2.05) is 0 Å². The normalized spacial score (nSPS) is 20.1. The number of aryl methyl sites for hydroxylation is 1. The van der Waals surface area contributed by atoms with Crippen LogP contribution in [0.4, 0.5) is 5.69 Å². The van der Waals surface area contributed by atoms with Crippen LogP contribution in [0.5, 0.6) is 0 Å². The molecular formula is C13H16N2O5S. The highest BCUT2D eigenvalue weighted by atomic mass is 32.2. The minimum Gasteiger partial charge on any atom is -0.302 e. The standard InChI is InChI=1S/C13H16N2O5S/c1-10-5-6-11(15(17)18)8-13(10)21(19,20)14-7-3-2-4-12(14)9-16/h5-6,8-9,12H,2-4,7H2,1H3. The molecule has 1 atom stereocenters. The number of benzene rings is 1. The second kappa shape index (κ2) is 5.90. The maximum atomic E-state index is 12.7. The van der Waals surface area contributed by atoms with Crippen LogP contribution in [0.15, 0.2) is 23.1 Å². The number of nitro groups is 1. The van der Waals surface area contributed by atoms with Gasteiger partial charge in [-0.25, -0.2) is 8.42 Å². The predicted octanol–water partition coefficient (Wildman–Crippen LogP) is 1.65. The number of carbonyl (C=O) groups excluding carboxylic acids is 1. The van der Waals surface area contributed by atoms with E-state index in [1.165, 1.54) is 12.1 Å². The SMILES string of the molecule is Cc1ccc([N+](=O)[O-])cc1S(=O)(=O)N1CCCCC1C=O. The van der Waals surface area contributed by atoms with Crippen molar-refractivity contribution < 1.29 is 18.1 Å². The first-order valence-corrected chi connectivity index (χ1v) is 8.04. The van der Waals surface area contributed by atoms with Gasteiger partial charge in [-0.2, -0.15) is 4.31 Å². The molecule has 0 aliphatic carbocycles. The van der Waals surface area contributed by atoms with Crippen molar-refractivity contribution in [2.75, 3.05) is 6.54 Å². The highest BCUT2D eigenvalue weighted by Crippen LogP contribution is 2.28. The average molecular weight is 312 g/mol. The summed E-state index contributed by atoms with van der Waals surface area (Å²) in [6, 6.07) is 3.04. The van der Waals surface area contributed by atoms with Crippen molar-refractivity contribution in [1.29, 1.82) is 0 Å². The Kier molecular flexibility index (Phi) is 4.38. The highest BCUT2D eigenvalue weighted by molar-refractivity contribution is 7.89. The number of carbonyl (C=O) groups is 1. The van der Waals surface area contributed by atoms with Gasteiger partial charge in [0.1, 0.15) is 6.29 Å². The third kappa shape index (κ3) is 2.96. The molecule has 0 spiro atoms. The Morgan fingerprint density at radius 2 is 2.10 bits per heavy atom. The van der Waals surface area contributed by atoms with E-state index < -0.39 is 21.0 Å². The summed E-state index contributed by atoms with van der Waals surface area (Å²) in [6.07, 6.45) is 2.58. The van der Waals surface area contributed by atoms with Gasteiger partial charge < -0.3 is 4.79 Å². The summed E-state index contributed by atoms with van der Waals surface area (Å²) in [5, 5.41) is 10.8. The van der Waals surface area contributed by atoms with E-state index >= 15 is 0 Å². The monoisotopic (exact) mass is 312 g/mol. The van der Waals surface area contributed by atoms with E-state index in [2.05, 4.69) is 0 Å². The fraction of sp³-hybridized carbons (Fsp3) is 0.462. The first-order chi connectivity index (χ1) is 9.87. The van der Waals surface area contributed by atoms with Gasteiger partial charge in [-0.05, 0) is 25.3 Å². The van der Waals surface area contributed by atoms with Gasteiger partial charge >= 0.3 is 0 Å². The fourth-order valence-corrected chi connectivity index (χ4v) is 4.35. The Balaban J connectivity index is 2.50. The van der Waals surface area contributed by atoms with E-state index in [-0.39, 0.29) is 17.1 Å². The Hall–Kier alpha value is -1.80. The first kappa shape index (κ1) is 15.6. The molecule has 1 saturated heterocycles. The molecule has 1 aromatic rings. The molecule has 1 unspecified atom stereocenters. The summed E-state index contributed by atoms with van der Waals surface area (Å²) in [4.78, 5) is 21.2. The third-order valence-electron chi connectivity index (χ3n) is 3.62. The van der Waals surface area contributed by atoms with Gasteiger partial charge in [0.15, 0.2) is 0 Å². The van der Waals surface area contributed by atoms with Gasteiger partial charge in [0.05, 0.1) is 15.9 Å². The lowest BCUT2D eigenvalue weighted by Gasteiger charge is -2.31. The van der Waals surface area contributed by atoms with Crippen molar-refractivity contribution in [2.24, 2.45) is 0 Å². The van der Waals surface area contributed by atoms with Gasteiger partial charge in [0, 0.05) is 18.7 Å². The lowest BCUT2D eigenvalue weighted by atomic mass is 10.1. The lowest BCUT2D eigenvalue weighted by Crippen LogP contribution is -2.44. The van der Waals surface area contributed by atoms with E-state index in [0.717, 1.165) is 16.8 Å². The molecule has 1 fully saturated rings. The molecule has 114 valence electrons. The lowest BCUT2D eigenvalue weighted by molar-refractivity contribution is -0.385. The molecular weight excluding hydrogens is 296 g/mol. The van der Waals surface area contributed by atoms with Crippen molar-refractivity contribution in [3.05, 3.63) is 33.9 Å². The van der Waals surface area contributed by atoms with E-state index in [9.17, 15) is 23.3 Å². The number of rotatable bonds is 4. The molecule has 21 heavy (non-hydrogen) atoms. The molecule has 0 bridgehead atoms. The number of nitro benzene ring substituents is 1. The second-order valence-electron chi connectivity index (χ2n) is 5.02. The summed E-state index contributed by atoms with van der Waals surface area (Å²) in [5.41, 5.74) is 0.148. The average Bonchev–Trinajstić information content (AvgIpc) is 2.47. The van der Waals surface area contributed by atoms with Crippen LogP contribution < -0.4 is 0 Å². The number of hydrogen-bond donors (Lipinski definition) is 0. The van der Waals surface area contributed by atoms with Crippen LogP contribution >= 0.6 is 0 Å². The van der Waals surface area contributed by atoms with Crippen LogP contribution in [0.2, 0.25) is 0 Å². The number of aldehydes is 1. The van der Waals surface area contributed by atoms with E-state index in [1.54, 1.807) is 6.92 Å². The summed E-state index contributed by atoms with van der Waals surface area (Å²) in [6.45, 7) is 1.84. The number of piperidine rings is 1. The van der Waals surface area contributed by atoms with Gasteiger partial charge in [0.25, 0.3) is 5.69 Å². The molecule has 8 heteroatoms. The summed E-state index contributed by atoms with van der Waals surface area (Å²) >= 11 is 0. The zero-order chi connectivity index (χ0) is 15.6. The van der Waals surface area contributed by atoms with Gasteiger partial charge in [0.2, 0.25) is 10.0 Å². The number of hydrogen-bond acceptors (Lipinski definition) is 5. The molecule has 1 aliphatic heterocycles. The summed E-state index contributed by atoms with van der Waals surface area (Å²) in [5.74, 6) is 0. The number of non-ortho nitro benzene ring substituents is 1. The van der Waals surface area contributed by atoms with Gasteiger partial charge in [-0.1, -0.05) is 12.5 Å². The van der Waals surface area contributed by atoms with E-state index in [0.29, 0.717) is 24.7 Å². The van der Waals surface area contributed by atoms with Crippen molar-refractivity contribution in [3.63, 3.8) is 0 Å². The molecule has 0 amide bonds. The largest absolute Gasteiger partial charge is 0.302 e. The maximum Gasteiger partial charge on any atom is 0.270 e. The Labute approximate surface area is 122 Å². The zero-order valence-corrected chi connectivity index (χ0v) is 12.4. The summed E-state index contributed by atoms with van der Waals surface area (Å²) in [7, 11) is -3.91. The van der Waals surface area contributed by atoms with Crippen molar-refractivity contribution in [3.8, 4) is 0 Å². The molecule has 0 saturated carbocycles. The predicted molar refractivity (Wildman–Crippen MR) is 75.4 cm³/mol. The van der Waals surface area contributed by atoms with Crippen molar-refractivity contribution >= 4 is 22.0 Å². The fourth-order valence-electron chi connectivity index (χ4n) is 2.47. The molecule has 0 radical (unpaired) electrons. The smallest absolute Gasteiger partial charge is 0.270 e. The molecule has 1 aromatic carbocycles. The molecule has 7 nitrogen and oxygen atoms in total. The Morgan fingerprint density at radius 1 is 1.38 bits per heavy atom. The number of sulfonamides is 1. The van der Waals surface area contributed by atoms with Crippen molar-refractivity contribution in [1.82, 2.24) is 4.31 Å². The molecule has 0 aromatic heterocycles. The minimum absolute atomic E-state index is 0.106. The topological polar surface area (TPSA) is 97.6 Å². The third-order valence-corrected chi connectivity index (χ3v) is 5.69. The quantitative estimate of drug-likeness (QED) is 0.478. The second-order valence-corrected chi connectivity index (χ2v) is 6.88. The number of nitrogens with zero attached hydrogens (tertiary/aromatic N) is 2. The van der Waals surface area contributed by atoms with Crippen LogP contribution in [-0.4, -0.2) is 36.5 Å². The Bertz CT molecular complexity index is 671. The van der Waals surface area contributed by atoms with Gasteiger partial charge in [-0.15, -0.1) is 0 Å². The molecule has 0 N–H and O–H groups in total. The van der Waals surface area contributed by atoms with Crippen LogP contribution in [0.25, 0.3) is 0 Å². The molecule has 1 heterocycles. The first-order valence-electron chi connectivity index (χ1n) is 6.60. The van der Waals surface area contributed by atoms with Gasteiger partial charge in [-0.3, -0.25) is 10.1 Å². The van der Waals surface area contributed by atoms with E-state index in [4.69, 9.17) is 0 Å². The van der Waals surface area contributed by atoms with Crippen LogP contribution in [0, 0.1) is 17.0 Å². The molecule has 2 rings (SSSR count). The van der Waals surface area contributed by atoms with Crippen LogP contribution in [-0.2, 0) is 14.8 Å².